The van der Waals surface area contributed by atoms with Crippen LogP contribution in [0.25, 0.3) is 0 Å². The summed E-state index contributed by atoms with van der Waals surface area (Å²) in [6.07, 6.45) is 1.37. The normalized spacial score (nSPS) is 16.5. The number of fused-ring (bicyclic) bond motifs is 1. The average Bonchev–Trinajstić information content (AvgIpc) is 2.90. The number of carbonyl (C=O) groups excluding carboxylic acids is 1. The Morgan fingerprint density at radius 3 is 3.12 bits per heavy atom. The molecular weight excluding hydrogens is 206 g/mol. The summed E-state index contributed by atoms with van der Waals surface area (Å²) in [7, 11) is 0. The average molecular weight is 214 g/mol. The van der Waals surface area contributed by atoms with E-state index in [9.17, 15) is 4.79 Å². The maximum absolute atomic E-state index is 11.4. The maximum Gasteiger partial charge on any atom is 0.251 e. The molecule has 1 amide bonds. The molecule has 0 aromatic heterocycles. The fourth-order valence-corrected chi connectivity index (χ4v) is 1.74. The SMILES string of the molecule is O=C1NCc2c(NC3=NN=C[N]3)cccc21. The Bertz CT molecular complexity index is 520. The third-order valence-corrected chi connectivity index (χ3v) is 2.48. The van der Waals surface area contributed by atoms with Crippen LogP contribution in [0.3, 0.4) is 0 Å². The quantitative estimate of drug-likeness (QED) is 0.703. The summed E-state index contributed by atoms with van der Waals surface area (Å²) in [5.41, 5.74) is 2.48. The number of nitrogens with zero attached hydrogens (tertiary/aromatic N) is 3. The van der Waals surface area contributed by atoms with E-state index in [4.69, 9.17) is 0 Å². The molecule has 0 fully saturated rings. The molecule has 2 aliphatic rings. The maximum atomic E-state index is 11.4. The Morgan fingerprint density at radius 1 is 1.38 bits per heavy atom. The number of amides is 1. The van der Waals surface area contributed by atoms with Crippen molar-refractivity contribution in [1.82, 2.24) is 10.6 Å². The second kappa shape index (κ2) is 3.34. The highest BCUT2D eigenvalue weighted by atomic mass is 16.1. The zero-order valence-electron chi connectivity index (χ0n) is 8.27. The first kappa shape index (κ1) is 8.90. The lowest BCUT2D eigenvalue weighted by atomic mass is 10.1. The van der Waals surface area contributed by atoms with Gasteiger partial charge in [-0.15, -0.1) is 10.2 Å². The van der Waals surface area contributed by atoms with E-state index >= 15 is 0 Å². The van der Waals surface area contributed by atoms with Gasteiger partial charge in [0, 0.05) is 23.4 Å². The van der Waals surface area contributed by atoms with Crippen LogP contribution in [0.15, 0.2) is 28.4 Å². The first-order valence-electron chi connectivity index (χ1n) is 4.82. The predicted octanol–water partition coefficient (Wildman–Crippen LogP) is 0.259. The Hall–Kier alpha value is -2.37. The minimum atomic E-state index is -0.0415. The van der Waals surface area contributed by atoms with Gasteiger partial charge in [-0.05, 0) is 12.1 Å². The third-order valence-electron chi connectivity index (χ3n) is 2.48. The summed E-state index contributed by atoms with van der Waals surface area (Å²) in [6, 6.07) is 5.50. The minimum absolute atomic E-state index is 0.0415. The first-order chi connectivity index (χ1) is 7.84. The van der Waals surface area contributed by atoms with Crippen LogP contribution in [0.5, 0.6) is 0 Å². The molecule has 0 atom stereocenters. The van der Waals surface area contributed by atoms with E-state index in [1.165, 1.54) is 6.34 Å². The van der Waals surface area contributed by atoms with Gasteiger partial charge in [-0.25, -0.2) is 0 Å². The standard InChI is InChI=1S/C10H8N5O/c16-9-6-2-1-3-8(7(6)4-11-9)14-10-12-5-13-15-10/h1-3,5H,4H2,(H,11,16)(H,14,15). The lowest BCUT2D eigenvalue weighted by Gasteiger charge is -2.07. The molecule has 16 heavy (non-hydrogen) atoms. The van der Waals surface area contributed by atoms with Gasteiger partial charge in [-0.1, -0.05) is 6.07 Å². The second-order valence-corrected chi connectivity index (χ2v) is 3.42. The highest BCUT2D eigenvalue weighted by Gasteiger charge is 2.21. The first-order valence-corrected chi connectivity index (χ1v) is 4.82. The van der Waals surface area contributed by atoms with Crippen LogP contribution in [-0.4, -0.2) is 18.2 Å². The van der Waals surface area contributed by atoms with Gasteiger partial charge in [0.1, 0.15) is 6.34 Å². The van der Waals surface area contributed by atoms with E-state index in [0.29, 0.717) is 18.1 Å². The number of hydrogen-bond donors (Lipinski definition) is 2. The molecule has 79 valence electrons. The fourth-order valence-electron chi connectivity index (χ4n) is 1.74. The molecule has 2 heterocycles. The van der Waals surface area contributed by atoms with Gasteiger partial charge in [-0.3, -0.25) is 4.79 Å². The Morgan fingerprint density at radius 2 is 2.31 bits per heavy atom. The molecule has 6 nitrogen and oxygen atoms in total. The van der Waals surface area contributed by atoms with E-state index in [1.807, 2.05) is 12.1 Å². The summed E-state index contributed by atoms with van der Waals surface area (Å²) in [5, 5.41) is 17.1. The van der Waals surface area contributed by atoms with Crippen molar-refractivity contribution in [3.8, 4) is 0 Å². The molecule has 6 heteroatoms. The number of anilines is 1. The molecule has 0 saturated carbocycles. The molecule has 3 rings (SSSR count). The molecule has 2 aliphatic heterocycles. The molecule has 0 spiro atoms. The summed E-state index contributed by atoms with van der Waals surface area (Å²) in [6.45, 7) is 0.533. The number of rotatable bonds is 1. The monoisotopic (exact) mass is 214 g/mol. The summed E-state index contributed by atoms with van der Waals surface area (Å²) >= 11 is 0. The van der Waals surface area contributed by atoms with Crippen LogP contribution in [0.2, 0.25) is 0 Å². The van der Waals surface area contributed by atoms with Crippen molar-refractivity contribution in [2.24, 2.45) is 10.2 Å². The summed E-state index contributed by atoms with van der Waals surface area (Å²) in [5.74, 6) is 0.396. The Balaban J connectivity index is 1.93. The smallest absolute Gasteiger partial charge is 0.251 e. The van der Waals surface area contributed by atoms with E-state index in [1.54, 1.807) is 6.07 Å². The van der Waals surface area contributed by atoms with Crippen molar-refractivity contribution in [2.45, 2.75) is 6.54 Å². The fraction of sp³-hybridized carbons (Fsp3) is 0.100. The Labute approximate surface area is 91.5 Å². The molecule has 1 aromatic rings. The largest absolute Gasteiger partial charge is 0.348 e. The minimum Gasteiger partial charge on any atom is -0.348 e. The molecule has 0 bridgehead atoms. The van der Waals surface area contributed by atoms with Gasteiger partial charge in [0.2, 0.25) is 5.96 Å². The summed E-state index contributed by atoms with van der Waals surface area (Å²) < 4.78 is 0. The van der Waals surface area contributed by atoms with Crippen LogP contribution >= 0.6 is 0 Å². The van der Waals surface area contributed by atoms with Gasteiger partial charge in [-0.2, -0.15) is 5.32 Å². The van der Waals surface area contributed by atoms with E-state index in [0.717, 1.165) is 11.3 Å². The van der Waals surface area contributed by atoms with Crippen molar-refractivity contribution < 1.29 is 4.79 Å². The van der Waals surface area contributed by atoms with E-state index < -0.39 is 0 Å². The molecule has 0 aliphatic carbocycles. The lowest BCUT2D eigenvalue weighted by Crippen LogP contribution is -2.20. The number of nitrogens with one attached hydrogen (secondary N) is 2. The van der Waals surface area contributed by atoms with E-state index in [-0.39, 0.29) is 5.91 Å². The van der Waals surface area contributed by atoms with Crippen LogP contribution in [0.4, 0.5) is 5.69 Å². The zero-order valence-corrected chi connectivity index (χ0v) is 8.27. The van der Waals surface area contributed by atoms with Crippen LogP contribution < -0.4 is 16.0 Å². The topological polar surface area (TPSA) is 79.9 Å². The van der Waals surface area contributed by atoms with Crippen molar-refractivity contribution in [3.05, 3.63) is 29.3 Å². The lowest BCUT2D eigenvalue weighted by molar-refractivity contribution is 0.0966. The molecule has 1 aromatic carbocycles. The van der Waals surface area contributed by atoms with Gasteiger partial charge < -0.3 is 10.6 Å². The van der Waals surface area contributed by atoms with Crippen molar-refractivity contribution in [2.75, 3.05) is 5.32 Å². The van der Waals surface area contributed by atoms with E-state index in [2.05, 4.69) is 26.2 Å². The van der Waals surface area contributed by atoms with Crippen molar-refractivity contribution in [3.63, 3.8) is 0 Å². The molecular formula is C10H8N5O. The number of benzene rings is 1. The second-order valence-electron chi connectivity index (χ2n) is 3.42. The number of carbonyl (C=O) groups is 1. The highest BCUT2D eigenvalue weighted by Crippen LogP contribution is 2.24. The van der Waals surface area contributed by atoms with Crippen LogP contribution in [-0.2, 0) is 6.54 Å². The van der Waals surface area contributed by atoms with Crippen molar-refractivity contribution in [1.29, 1.82) is 0 Å². The van der Waals surface area contributed by atoms with Crippen LogP contribution in [0, 0.1) is 0 Å². The zero-order chi connectivity index (χ0) is 11.0. The third kappa shape index (κ3) is 1.31. The molecule has 1 radical (unpaired) electrons. The molecule has 0 saturated heterocycles. The number of hydrogen-bond acceptors (Lipinski definition) is 4. The van der Waals surface area contributed by atoms with Gasteiger partial charge in [0.25, 0.3) is 5.91 Å². The highest BCUT2D eigenvalue weighted by molar-refractivity contribution is 6.05. The van der Waals surface area contributed by atoms with Crippen LogP contribution in [0.1, 0.15) is 15.9 Å². The molecule has 2 N–H and O–H groups in total. The summed E-state index contributed by atoms with van der Waals surface area (Å²) in [4.78, 5) is 11.4. The number of guanidine groups is 1. The Kier molecular flexibility index (Phi) is 1.86. The van der Waals surface area contributed by atoms with Gasteiger partial charge >= 0.3 is 0 Å². The predicted molar refractivity (Wildman–Crippen MR) is 59.3 cm³/mol. The van der Waals surface area contributed by atoms with Gasteiger partial charge in [0.15, 0.2) is 0 Å². The molecule has 0 unspecified atom stereocenters. The van der Waals surface area contributed by atoms with Crippen molar-refractivity contribution >= 4 is 23.9 Å². The van der Waals surface area contributed by atoms with Gasteiger partial charge in [0.05, 0.1) is 0 Å².